The van der Waals surface area contributed by atoms with Gasteiger partial charge >= 0.3 is 0 Å². The molecule has 1 atom stereocenters. The van der Waals surface area contributed by atoms with E-state index in [1.807, 2.05) is 11.8 Å². The molecule has 5 heteroatoms. The first-order chi connectivity index (χ1) is 8.28. The van der Waals surface area contributed by atoms with Gasteiger partial charge in [-0.3, -0.25) is 0 Å². The highest BCUT2D eigenvalue weighted by molar-refractivity contribution is 7.99. The number of halogens is 1. The van der Waals surface area contributed by atoms with Gasteiger partial charge in [0.05, 0.1) is 11.6 Å². The number of nitriles is 1. The zero-order valence-corrected chi connectivity index (χ0v) is 11.0. The van der Waals surface area contributed by atoms with Gasteiger partial charge in [0.15, 0.2) is 0 Å². The highest BCUT2D eigenvalue weighted by atomic mass is 35.5. The van der Waals surface area contributed by atoms with Crippen LogP contribution >= 0.6 is 23.4 Å². The third-order valence-corrected chi connectivity index (χ3v) is 4.30. The molecule has 1 unspecified atom stereocenters. The van der Waals surface area contributed by atoms with E-state index < -0.39 is 0 Å². The monoisotopic (exact) mass is 267 g/mol. The van der Waals surface area contributed by atoms with Crippen molar-refractivity contribution in [1.82, 2.24) is 4.98 Å². The Kier molecular flexibility index (Phi) is 4.52. The summed E-state index contributed by atoms with van der Waals surface area (Å²) < 4.78 is 0. The van der Waals surface area contributed by atoms with Crippen LogP contribution in [0.2, 0.25) is 5.15 Å². The van der Waals surface area contributed by atoms with Crippen LogP contribution in [0.15, 0.2) is 12.1 Å². The first-order valence-corrected chi connectivity index (χ1v) is 7.14. The molecule has 0 saturated carbocycles. The second-order valence-corrected chi connectivity index (χ2v) is 5.84. The highest BCUT2D eigenvalue weighted by Crippen LogP contribution is 2.25. The topological polar surface area (TPSA) is 48.7 Å². The molecule has 2 heterocycles. The number of hydrogen-bond donors (Lipinski definition) is 1. The molecule has 17 heavy (non-hydrogen) atoms. The maximum absolute atomic E-state index is 8.84. The third kappa shape index (κ3) is 3.79. The van der Waals surface area contributed by atoms with Gasteiger partial charge in [-0.15, -0.1) is 0 Å². The van der Waals surface area contributed by atoms with Crippen LogP contribution < -0.4 is 5.32 Å². The number of anilines is 1. The maximum atomic E-state index is 8.84. The summed E-state index contributed by atoms with van der Waals surface area (Å²) in [5, 5.41) is 13.1. The number of rotatable bonds is 3. The van der Waals surface area contributed by atoms with Crippen molar-refractivity contribution < 1.29 is 0 Å². The molecule has 0 aliphatic carbocycles. The minimum absolute atomic E-state index is 0.364. The van der Waals surface area contributed by atoms with Gasteiger partial charge in [0.1, 0.15) is 11.0 Å². The van der Waals surface area contributed by atoms with E-state index in [1.165, 1.54) is 25.0 Å². The molecular formula is C12H14ClN3S. The minimum atomic E-state index is 0.364. The van der Waals surface area contributed by atoms with E-state index in [4.69, 9.17) is 16.9 Å². The number of nitrogens with zero attached hydrogens (tertiary/aromatic N) is 2. The van der Waals surface area contributed by atoms with Crippen LogP contribution in [0, 0.1) is 11.3 Å². The van der Waals surface area contributed by atoms with Gasteiger partial charge in [-0.1, -0.05) is 18.0 Å². The highest BCUT2D eigenvalue weighted by Gasteiger charge is 2.13. The summed E-state index contributed by atoms with van der Waals surface area (Å²) in [7, 11) is 0. The number of pyridine rings is 1. The largest absolute Gasteiger partial charge is 0.369 e. The molecule has 1 saturated heterocycles. The molecule has 1 fully saturated rings. The summed E-state index contributed by atoms with van der Waals surface area (Å²) in [5.74, 6) is 1.94. The summed E-state index contributed by atoms with van der Waals surface area (Å²) in [6.45, 7) is 0.892. The molecule has 90 valence electrons. The average Bonchev–Trinajstić information content (AvgIpc) is 2.37. The zero-order chi connectivity index (χ0) is 12.1. The van der Waals surface area contributed by atoms with Crippen molar-refractivity contribution in [3.05, 3.63) is 22.8 Å². The number of hydrogen-bond acceptors (Lipinski definition) is 4. The first-order valence-electron chi connectivity index (χ1n) is 5.71. The SMILES string of the molecule is N#Cc1cc(Cl)nc(NCC2CCCCS2)c1. The second kappa shape index (κ2) is 6.13. The quantitative estimate of drug-likeness (QED) is 0.854. The summed E-state index contributed by atoms with van der Waals surface area (Å²) in [6, 6.07) is 5.38. The Morgan fingerprint density at radius 2 is 2.41 bits per heavy atom. The maximum Gasteiger partial charge on any atom is 0.132 e. The van der Waals surface area contributed by atoms with E-state index >= 15 is 0 Å². The standard InChI is InChI=1S/C12H14ClN3S/c13-11-5-9(7-14)6-12(16-11)15-8-10-3-1-2-4-17-10/h5-6,10H,1-4,8H2,(H,15,16). The van der Waals surface area contributed by atoms with Gasteiger partial charge in [-0.05, 0) is 30.7 Å². The Bertz CT molecular complexity index is 424. The Morgan fingerprint density at radius 1 is 1.53 bits per heavy atom. The molecule has 3 nitrogen and oxygen atoms in total. The van der Waals surface area contributed by atoms with Crippen molar-refractivity contribution in [1.29, 1.82) is 5.26 Å². The van der Waals surface area contributed by atoms with E-state index in [0.717, 1.165) is 6.54 Å². The van der Waals surface area contributed by atoms with Crippen LogP contribution in [-0.2, 0) is 0 Å². The molecule has 0 aromatic carbocycles. The molecule has 1 aromatic rings. The fourth-order valence-corrected chi connectivity index (χ4v) is 3.29. The lowest BCUT2D eigenvalue weighted by Gasteiger charge is -2.21. The van der Waals surface area contributed by atoms with Crippen molar-refractivity contribution in [2.75, 3.05) is 17.6 Å². The molecule has 1 aliphatic heterocycles. The fraction of sp³-hybridized carbons (Fsp3) is 0.500. The molecular weight excluding hydrogens is 254 g/mol. The third-order valence-electron chi connectivity index (χ3n) is 2.71. The van der Waals surface area contributed by atoms with Crippen LogP contribution in [0.5, 0.6) is 0 Å². The zero-order valence-electron chi connectivity index (χ0n) is 9.45. The first kappa shape index (κ1) is 12.5. The Balaban J connectivity index is 1.94. The van der Waals surface area contributed by atoms with E-state index in [-0.39, 0.29) is 0 Å². The second-order valence-electron chi connectivity index (χ2n) is 4.05. The van der Waals surface area contributed by atoms with E-state index in [0.29, 0.717) is 21.8 Å². The lowest BCUT2D eigenvalue weighted by Crippen LogP contribution is -2.20. The molecule has 1 aliphatic rings. The van der Waals surface area contributed by atoms with Crippen molar-refractivity contribution >= 4 is 29.2 Å². The summed E-state index contributed by atoms with van der Waals surface area (Å²) in [5.41, 5.74) is 0.545. The molecule has 0 spiro atoms. The molecule has 1 aromatic heterocycles. The molecule has 1 N–H and O–H groups in total. The van der Waals surface area contributed by atoms with Gasteiger partial charge in [-0.25, -0.2) is 4.98 Å². The van der Waals surface area contributed by atoms with Crippen LogP contribution in [-0.4, -0.2) is 22.5 Å². The van der Waals surface area contributed by atoms with E-state index in [2.05, 4.69) is 16.4 Å². The Morgan fingerprint density at radius 3 is 3.12 bits per heavy atom. The van der Waals surface area contributed by atoms with Crippen LogP contribution in [0.25, 0.3) is 0 Å². The van der Waals surface area contributed by atoms with Crippen molar-refractivity contribution in [3.8, 4) is 6.07 Å². The van der Waals surface area contributed by atoms with Gasteiger partial charge in [0.25, 0.3) is 0 Å². The Hall–Kier alpha value is -0.920. The average molecular weight is 268 g/mol. The molecule has 0 radical (unpaired) electrons. The number of aromatic nitrogens is 1. The fourth-order valence-electron chi connectivity index (χ4n) is 1.84. The van der Waals surface area contributed by atoms with Crippen LogP contribution in [0.4, 0.5) is 5.82 Å². The summed E-state index contributed by atoms with van der Waals surface area (Å²) in [4.78, 5) is 4.16. The number of thioether (sulfide) groups is 1. The minimum Gasteiger partial charge on any atom is -0.369 e. The lowest BCUT2D eigenvalue weighted by atomic mass is 10.2. The number of nitrogens with one attached hydrogen (secondary N) is 1. The van der Waals surface area contributed by atoms with Crippen molar-refractivity contribution in [2.24, 2.45) is 0 Å². The van der Waals surface area contributed by atoms with Crippen LogP contribution in [0.3, 0.4) is 0 Å². The van der Waals surface area contributed by atoms with Gasteiger partial charge in [-0.2, -0.15) is 17.0 Å². The van der Waals surface area contributed by atoms with Crippen molar-refractivity contribution in [2.45, 2.75) is 24.5 Å². The van der Waals surface area contributed by atoms with E-state index in [9.17, 15) is 0 Å². The van der Waals surface area contributed by atoms with Crippen molar-refractivity contribution in [3.63, 3.8) is 0 Å². The van der Waals surface area contributed by atoms with Gasteiger partial charge in [0.2, 0.25) is 0 Å². The summed E-state index contributed by atoms with van der Waals surface area (Å²) in [6.07, 6.45) is 3.89. The normalized spacial score (nSPS) is 19.6. The predicted molar refractivity (Wildman–Crippen MR) is 72.5 cm³/mol. The predicted octanol–water partition coefficient (Wildman–Crippen LogP) is 3.30. The molecule has 0 bridgehead atoms. The van der Waals surface area contributed by atoms with Gasteiger partial charge in [0, 0.05) is 11.8 Å². The lowest BCUT2D eigenvalue weighted by molar-refractivity contribution is 0.677. The van der Waals surface area contributed by atoms with E-state index in [1.54, 1.807) is 12.1 Å². The smallest absolute Gasteiger partial charge is 0.132 e. The summed E-state index contributed by atoms with van der Waals surface area (Å²) >= 11 is 7.85. The molecule has 2 rings (SSSR count). The van der Waals surface area contributed by atoms with Crippen LogP contribution in [0.1, 0.15) is 24.8 Å². The Labute approximate surface area is 111 Å². The van der Waals surface area contributed by atoms with Gasteiger partial charge < -0.3 is 5.32 Å². The molecule has 0 amide bonds.